The molecule has 6 N–H and O–H groups in total. The number of nitrogens with two attached hydrogens (primary N) is 2. The van der Waals surface area contributed by atoms with Gasteiger partial charge in [-0.15, -0.1) is 0 Å². The van der Waals surface area contributed by atoms with Crippen molar-refractivity contribution in [2.75, 3.05) is 60.9 Å². The van der Waals surface area contributed by atoms with Gasteiger partial charge in [-0.05, 0) is 55.6 Å². The van der Waals surface area contributed by atoms with Crippen LogP contribution < -0.4 is 32.3 Å². The Hall–Kier alpha value is -4.51. The van der Waals surface area contributed by atoms with Crippen molar-refractivity contribution in [1.29, 1.82) is 0 Å². The molecule has 0 saturated carbocycles. The zero-order chi connectivity index (χ0) is 39.0. The Labute approximate surface area is 337 Å². The van der Waals surface area contributed by atoms with Gasteiger partial charge in [0.25, 0.3) is 0 Å². The molecular weight excluding hydrogens is 832 g/mol. The first-order chi connectivity index (χ1) is 26.6. The second kappa shape index (κ2) is 18.4. The highest BCUT2D eigenvalue weighted by Crippen LogP contribution is 2.32. The molecule has 14 nitrogen and oxygen atoms in total. The van der Waals surface area contributed by atoms with E-state index in [9.17, 15) is 19.2 Å². The van der Waals surface area contributed by atoms with Crippen LogP contribution in [-0.2, 0) is 15.3 Å². The number of unbranched alkanes of at least 4 members (excludes halogenated alkanes) is 1. The van der Waals surface area contributed by atoms with Crippen LogP contribution in [0.5, 0.6) is 0 Å². The van der Waals surface area contributed by atoms with E-state index in [1.807, 2.05) is 48.5 Å². The number of piperidine rings is 1. The second-order valence-electron chi connectivity index (χ2n) is 13.9. The van der Waals surface area contributed by atoms with Crippen molar-refractivity contribution in [2.45, 2.75) is 48.3 Å². The van der Waals surface area contributed by atoms with Crippen molar-refractivity contribution in [2.24, 2.45) is 11.5 Å². The smallest absolute Gasteiger partial charge is 0.327 e. The summed E-state index contributed by atoms with van der Waals surface area (Å²) < 4.78 is 1.50. The lowest BCUT2D eigenvalue weighted by Gasteiger charge is -2.45. The number of rotatable bonds is 13. The lowest BCUT2D eigenvalue weighted by Crippen LogP contribution is -2.65. The monoisotopic (exact) mass is 878 g/mol. The van der Waals surface area contributed by atoms with Gasteiger partial charge in [0, 0.05) is 81.0 Å². The minimum atomic E-state index is -1.14. The van der Waals surface area contributed by atoms with E-state index in [0.717, 1.165) is 11.3 Å². The number of carbonyl (C=O) groups excluding carboxylic acids is 3. The van der Waals surface area contributed by atoms with Crippen molar-refractivity contribution < 1.29 is 14.4 Å². The number of carbonyl (C=O) groups is 3. The molecule has 0 spiro atoms. The van der Waals surface area contributed by atoms with Gasteiger partial charge in [-0.3, -0.25) is 24.0 Å². The van der Waals surface area contributed by atoms with Crippen molar-refractivity contribution in [1.82, 2.24) is 29.7 Å². The summed E-state index contributed by atoms with van der Waals surface area (Å²) in [4.78, 5) is 69.8. The van der Waals surface area contributed by atoms with Crippen molar-refractivity contribution in [3.05, 3.63) is 102 Å². The number of aromatic amines is 1. The number of nitrogens with zero attached hydrogens (tertiary/aromatic N) is 6. The van der Waals surface area contributed by atoms with Gasteiger partial charge >= 0.3 is 11.7 Å². The number of urea groups is 1. The molecule has 0 bridgehead atoms. The summed E-state index contributed by atoms with van der Waals surface area (Å²) in [6, 6.07) is 20.2. The van der Waals surface area contributed by atoms with Crippen LogP contribution in [-0.4, -0.2) is 110 Å². The Balaban J connectivity index is 1.18. The van der Waals surface area contributed by atoms with E-state index >= 15 is 0 Å². The molecule has 55 heavy (non-hydrogen) atoms. The molecule has 2 aromatic carbocycles. The molecule has 292 valence electrons. The Morgan fingerprint density at radius 2 is 1.62 bits per heavy atom. The third-order valence-electron chi connectivity index (χ3n) is 10.4. The summed E-state index contributed by atoms with van der Waals surface area (Å²) in [6.45, 7) is 3.19. The number of nitrogens with one attached hydrogen (secondary N) is 2. The van der Waals surface area contributed by atoms with Gasteiger partial charge in [0.05, 0.1) is 10.5 Å². The molecule has 2 fully saturated rings. The third-order valence-corrected chi connectivity index (χ3v) is 12.1. The molecule has 2 unspecified atom stereocenters. The summed E-state index contributed by atoms with van der Waals surface area (Å²) in [5.74, 6) is -0.609. The first-order valence-corrected chi connectivity index (χ1v) is 20.6. The molecule has 0 aliphatic carbocycles. The van der Waals surface area contributed by atoms with E-state index < -0.39 is 34.5 Å². The number of alkyl halides is 2. The largest absolute Gasteiger partial charge is 0.368 e. The van der Waals surface area contributed by atoms with E-state index in [0.29, 0.717) is 63.4 Å². The lowest BCUT2D eigenvalue weighted by atomic mass is 9.97. The maximum Gasteiger partial charge on any atom is 0.327 e. The maximum atomic E-state index is 14.6. The molecule has 4 amide bonds. The van der Waals surface area contributed by atoms with Gasteiger partial charge in [0.1, 0.15) is 17.7 Å². The van der Waals surface area contributed by atoms with Crippen LogP contribution in [0.4, 0.5) is 16.2 Å². The average molecular weight is 881 g/mol. The molecule has 2 aromatic heterocycles. The maximum absolute atomic E-state index is 14.6. The van der Waals surface area contributed by atoms with E-state index in [1.54, 1.807) is 52.7 Å². The Kier molecular flexibility index (Phi) is 13.4. The van der Waals surface area contributed by atoms with Crippen molar-refractivity contribution in [3.63, 3.8) is 0 Å². The van der Waals surface area contributed by atoms with Crippen molar-refractivity contribution in [3.8, 4) is 11.3 Å². The molecule has 0 radical (unpaired) electrons. The normalized spacial score (nSPS) is 19.8. The van der Waals surface area contributed by atoms with Gasteiger partial charge in [0.2, 0.25) is 11.8 Å². The van der Waals surface area contributed by atoms with Crippen LogP contribution in [0.25, 0.3) is 11.3 Å². The average Bonchev–Trinajstić information content (AvgIpc) is 3.63. The Bertz CT molecular complexity index is 1940. The number of likely N-dealkylation sites (tertiary alicyclic amines) is 1. The van der Waals surface area contributed by atoms with E-state index in [2.05, 4.69) is 52.0 Å². The van der Waals surface area contributed by atoms with Gasteiger partial charge in [-0.25, -0.2) is 9.59 Å². The zero-order valence-corrected chi connectivity index (χ0v) is 33.8. The van der Waals surface area contributed by atoms with E-state index in [1.165, 1.54) is 9.47 Å². The number of imidazole rings is 1. The zero-order valence-electron chi connectivity index (χ0n) is 30.6. The summed E-state index contributed by atoms with van der Waals surface area (Å²) in [6.07, 6.45) is 7.27. The summed E-state index contributed by atoms with van der Waals surface area (Å²) in [5.41, 5.74) is 14.3. The number of aromatic nitrogens is 3. The fourth-order valence-corrected chi connectivity index (χ4v) is 8.61. The van der Waals surface area contributed by atoms with Gasteiger partial charge in [0.15, 0.2) is 0 Å². The number of hydrogen-bond acceptors (Lipinski definition) is 8. The molecule has 2 saturated heterocycles. The van der Waals surface area contributed by atoms with Gasteiger partial charge < -0.3 is 36.5 Å². The third kappa shape index (κ3) is 9.14. The Morgan fingerprint density at radius 1 is 0.945 bits per heavy atom. The number of halogens is 2. The van der Waals surface area contributed by atoms with Crippen LogP contribution >= 0.6 is 31.9 Å². The van der Waals surface area contributed by atoms with Gasteiger partial charge in [-0.1, -0.05) is 80.4 Å². The molecular formula is C39H48Br2N10O4. The van der Waals surface area contributed by atoms with E-state index in [4.69, 9.17) is 11.5 Å². The minimum absolute atomic E-state index is 0.112. The second-order valence-corrected chi connectivity index (χ2v) is 15.6. The predicted molar refractivity (Wildman–Crippen MR) is 221 cm³/mol. The van der Waals surface area contributed by atoms with Crippen LogP contribution in [0, 0.1) is 0 Å². The molecule has 4 aromatic rings. The SMILES string of the molecule is NCCCC[C@H](NC(=O)[C@H](CBr)N(C(=O)N1CCC(N)(n2cc(-c3ccccc3)[nH]c2=O)C(Br)C1)c1ccccc1)C(=O)N1CCN(c2ccncc2)CC1. The molecule has 2 aliphatic rings. The molecule has 16 heteroatoms. The number of H-pyrrole nitrogens is 1. The predicted octanol–water partition coefficient (Wildman–Crippen LogP) is 3.67. The fraction of sp³-hybridized carbons (Fsp3) is 0.410. The first-order valence-electron chi connectivity index (χ1n) is 18.6. The number of benzene rings is 2. The number of para-hydroxylation sites is 1. The van der Waals surface area contributed by atoms with Gasteiger partial charge in [-0.2, -0.15) is 0 Å². The van der Waals surface area contributed by atoms with Crippen LogP contribution in [0.15, 0.2) is 96.2 Å². The minimum Gasteiger partial charge on any atom is -0.368 e. The van der Waals surface area contributed by atoms with E-state index in [-0.39, 0.29) is 36.4 Å². The molecule has 4 heterocycles. The lowest BCUT2D eigenvalue weighted by molar-refractivity contribution is -0.137. The number of pyridine rings is 1. The number of hydrogen-bond donors (Lipinski definition) is 4. The standard InChI is InChI=1S/C39H48Br2N10O4/c40-25-33(35(52)45-31(13-7-8-17-42)36(53)48-23-21-47(22-24-48)29-14-18-44-19-15-29)51(30-11-5-2-6-12-30)38(55)49-20-16-39(43,34(41)27-49)50-26-32(46-37(50)54)28-9-3-1-4-10-28/h1-6,9-12,14-15,18-19,26,31,33-34H,7-8,13,16-17,20-25,27,42-43H2,(H,45,52)(H,46,54)/t31-,33-,34?,39?/m0/s1. The topological polar surface area (TPSA) is 179 Å². The van der Waals surface area contributed by atoms with Crippen LogP contribution in [0.1, 0.15) is 25.7 Å². The first kappa shape index (κ1) is 40.2. The fourth-order valence-electron chi connectivity index (χ4n) is 7.23. The quantitative estimate of drug-likeness (QED) is 0.116. The summed E-state index contributed by atoms with van der Waals surface area (Å²) in [5, 5.41) is 3.15. The molecule has 2 aliphatic heterocycles. The van der Waals surface area contributed by atoms with Crippen molar-refractivity contribution >= 4 is 61.1 Å². The Morgan fingerprint density at radius 3 is 2.25 bits per heavy atom. The number of anilines is 2. The summed E-state index contributed by atoms with van der Waals surface area (Å²) >= 11 is 7.25. The highest BCUT2D eigenvalue weighted by molar-refractivity contribution is 9.09. The highest BCUT2D eigenvalue weighted by atomic mass is 79.9. The van der Waals surface area contributed by atoms with Crippen LogP contribution in [0.2, 0.25) is 0 Å². The number of piperazine rings is 1. The molecule has 6 rings (SSSR count). The molecule has 4 atom stereocenters. The highest BCUT2D eigenvalue weighted by Gasteiger charge is 2.45. The summed E-state index contributed by atoms with van der Waals surface area (Å²) in [7, 11) is 0. The number of amides is 4. The van der Waals surface area contributed by atoms with Crippen LogP contribution in [0.3, 0.4) is 0 Å².